The van der Waals surface area contributed by atoms with Crippen LogP contribution in [0.4, 0.5) is 34.0 Å². The van der Waals surface area contributed by atoms with E-state index < -0.39 is 46.4 Å². The molecule has 1 aliphatic rings. The van der Waals surface area contributed by atoms with Crippen LogP contribution in [0.3, 0.4) is 0 Å². The lowest BCUT2D eigenvalue weighted by atomic mass is 9.92. The second-order valence-electron chi connectivity index (χ2n) is 10.0. The van der Waals surface area contributed by atoms with Gasteiger partial charge in [0, 0.05) is 29.8 Å². The minimum absolute atomic E-state index is 0.0561. The highest BCUT2D eigenvalue weighted by Crippen LogP contribution is 2.50. The minimum Gasteiger partial charge on any atom is -0.465 e. The number of carbonyl (C=O) groups excluding carboxylic acids is 2. The van der Waals surface area contributed by atoms with Crippen LogP contribution in [-0.4, -0.2) is 70.3 Å². The van der Waals surface area contributed by atoms with E-state index in [0.29, 0.717) is 24.5 Å². The molecule has 0 spiro atoms. The molecule has 1 unspecified atom stereocenters. The number of halogens is 5. The molecule has 2 amide bonds. The smallest absolute Gasteiger partial charge is 0.465 e. The van der Waals surface area contributed by atoms with Gasteiger partial charge in [0.25, 0.3) is 5.91 Å². The fourth-order valence-corrected chi connectivity index (χ4v) is 5.51. The number of imidazole rings is 1. The number of rotatable bonds is 9. The predicted molar refractivity (Wildman–Crippen MR) is 157 cm³/mol. The van der Waals surface area contributed by atoms with E-state index in [1.54, 1.807) is 0 Å². The molecule has 4 aromatic rings. The van der Waals surface area contributed by atoms with E-state index in [-0.39, 0.29) is 40.2 Å². The van der Waals surface area contributed by atoms with Gasteiger partial charge in [-0.15, -0.1) is 0 Å². The summed E-state index contributed by atoms with van der Waals surface area (Å²) < 4.78 is 62.1. The molecule has 0 saturated heterocycles. The largest absolute Gasteiger partial charge is 0.491 e. The molecule has 0 saturated carbocycles. The Morgan fingerprint density at radius 1 is 1.07 bits per heavy atom. The van der Waals surface area contributed by atoms with Crippen LogP contribution >= 0.6 is 11.6 Å². The number of alkyl halides is 3. The molecular formula is C30H26ClF4N5O5. The molecule has 15 heteroatoms. The van der Waals surface area contributed by atoms with Gasteiger partial charge in [0.1, 0.15) is 0 Å². The van der Waals surface area contributed by atoms with Gasteiger partial charge in [-0.1, -0.05) is 55.8 Å². The highest BCUT2D eigenvalue weighted by molar-refractivity contribution is 6.31. The molecule has 236 valence electrons. The molecule has 2 heterocycles. The number of carbonyl (C=O) groups is 3. The summed E-state index contributed by atoms with van der Waals surface area (Å²) in [4.78, 5) is 49.3. The van der Waals surface area contributed by atoms with E-state index in [2.05, 4.69) is 9.97 Å². The third-order valence-electron chi connectivity index (χ3n) is 7.57. The fraction of sp³-hybridized carbons (Fsp3) is 0.267. The number of aromatic amines is 1. The van der Waals surface area contributed by atoms with Crippen molar-refractivity contribution in [3.63, 3.8) is 0 Å². The maximum absolute atomic E-state index is 15.5. The number of nitrogens with zero attached hydrogens (tertiary/aromatic N) is 4. The zero-order valence-electron chi connectivity index (χ0n) is 23.9. The fourth-order valence-electron chi connectivity index (χ4n) is 5.34. The van der Waals surface area contributed by atoms with Gasteiger partial charge in [-0.05, 0) is 43.4 Å². The van der Waals surface area contributed by atoms with Crippen LogP contribution in [0.25, 0.3) is 11.0 Å². The van der Waals surface area contributed by atoms with E-state index in [0.717, 1.165) is 11.0 Å². The standard InChI is InChI=1S/C30H26ClF4N5O5/c1-3-38(4-2)14-15-39(28(43)44)27-36-21-13-12-17(16-22(21)37-27)29(45-26(42)30(33,34)35)19-9-6-5-8-18(19)25(41)40(29)23-11-7-10-20(31)24(23)32/h5-13,16H,3-4,14-15H2,1-2H3,(H,36,37)(H,43,44). The molecule has 5 rings (SSSR count). The maximum Gasteiger partial charge on any atom is 0.491 e. The van der Waals surface area contributed by atoms with E-state index in [1.165, 1.54) is 54.6 Å². The Labute approximate surface area is 258 Å². The molecule has 0 radical (unpaired) electrons. The summed E-state index contributed by atoms with van der Waals surface area (Å²) in [7, 11) is 0. The van der Waals surface area contributed by atoms with Crippen LogP contribution in [0.2, 0.25) is 5.02 Å². The maximum atomic E-state index is 15.5. The topological polar surface area (TPSA) is 119 Å². The van der Waals surface area contributed by atoms with Crippen molar-refractivity contribution in [2.45, 2.75) is 25.7 Å². The van der Waals surface area contributed by atoms with Crippen molar-refractivity contribution in [1.29, 1.82) is 0 Å². The zero-order chi connectivity index (χ0) is 32.7. The van der Waals surface area contributed by atoms with Gasteiger partial charge in [-0.3, -0.25) is 9.69 Å². The van der Waals surface area contributed by atoms with Gasteiger partial charge in [-0.25, -0.2) is 23.9 Å². The SMILES string of the molecule is CCN(CC)CCN(C(=O)O)c1nc2ccc(C3(OC(=O)C(F)(F)F)c4ccccc4C(=O)N3c3cccc(Cl)c3F)cc2[nH]1. The summed E-state index contributed by atoms with van der Waals surface area (Å²) in [6.07, 6.45) is -6.79. The van der Waals surface area contributed by atoms with Crippen molar-refractivity contribution in [2.75, 3.05) is 36.0 Å². The first kappa shape index (κ1) is 31.7. The highest BCUT2D eigenvalue weighted by Gasteiger charge is 2.59. The van der Waals surface area contributed by atoms with Gasteiger partial charge in [0.2, 0.25) is 11.7 Å². The molecule has 1 aromatic heterocycles. The summed E-state index contributed by atoms with van der Waals surface area (Å²) in [6, 6.07) is 13.0. The molecule has 10 nitrogen and oxygen atoms in total. The summed E-state index contributed by atoms with van der Waals surface area (Å²) >= 11 is 6.00. The highest BCUT2D eigenvalue weighted by atomic mass is 35.5. The van der Waals surface area contributed by atoms with E-state index >= 15 is 4.39 Å². The molecule has 0 bridgehead atoms. The average Bonchev–Trinajstić information content (AvgIpc) is 3.53. The number of H-pyrrole nitrogens is 1. The lowest BCUT2D eigenvalue weighted by Crippen LogP contribution is -2.50. The first-order valence-corrected chi connectivity index (χ1v) is 14.1. The summed E-state index contributed by atoms with van der Waals surface area (Å²) in [5, 5.41) is 9.46. The number of amides is 2. The number of esters is 1. The van der Waals surface area contributed by atoms with E-state index in [4.69, 9.17) is 16.3 Å². The minimum atomic E-state index is -5.50. The molecule has 1 aliphatic heterocycles. The third-order valence-corrected chi connectivity index (χ3v) is 7.86. The Hall–Kier alpha value is -4.69. The van der Waals surface area contributed by atoms with Crippen LogP contribution < -0.4 is 9.80 Å². The lowest BCUT2D eigenvalue weighted by Gasteiger charge is -2.39. The number of hydrogen-bond donors (Lipinski definition) is 2. The van der Waals surface area contributed by atoms with Crippen LogP contribution in [0.5, 0.6) is 0 Å². The van der Waals surface area contributed by atoms with Gasteiger partial charge < -0.3 is 19.7 Å². The molecular weight excluding hydrogens is 622 g/mol. The van der Waals surface area contributed by atoms with Gasteiger partial charge >= 0.3 is 18.2 Å². The second kappa shape index (κ2) is 12.0. The van der Waals surface area contributed by atoms with E-state index in [9.17, 15) is 32.7 Å². The number of benzene rings is 3. The van der Waals surface area contributed by atoms with Crippen LogP contribution in [-0.2, 0) is 15.3 Å². The van der Waals surface area contributed by atoms with Crippen molar-refractivity contribution in [3.05, 3.63) is 88.2 Å². The van der Waals surface area contributed by atoms with Gasteiger partial charge in [0.05, 0.1) is 21.7 Å². The molecule has 1 atom stereocenters. The normalized spacial score (nSPS) is 16.4. The van der Waals surface area contributed by atoms with Crippen molar-refractivity contribution in [2.24, 2.45) is 0 Å². The molecule has 45 heavy (non-hydrogen) atoms. The van der Waals surface area contributed by atoms with Gasteiger partial charge in [0.15, 0.2) is 5.82 Å². The number of likely N-dealkylation sites (N-methyl/N-ethyl adjacent to an activating group) is 1. The summed E-state index contributed by atoms with van der Waals surface area (Å²) in [5.74, 6) is -4.80. The Morgan fingerprint density at radius 2 is 1.78 bits per heavy atom. The number of nitrogens with one attached hydrogen (secondary N) is 1. The Kier molecular flexibility index (Phi) is 8.47. The summed E-state index contributed by atoms with van der Waals surface area (Å²) in [5.41, 5.74) is -3.35. The Bertz CT molecular complexity index is 1790. The number of aromatic nitrogens is 2. The molecule has 0 aliphatic carbocycles. The van der Waals surface area contributed by atoms with Crippen LogP contribution in [0.1, 0.15) is 35.3 Å². The monoisotopic (exact) mass is 647 g/mol. The first-order chi connectivity index (χ1) is 21.3. The number of anilines is 2. The van der Waals surface area contributed by atoms with Gasteiger partial charge in [-0.2, -0.15) is 13.2 Å². The molecule has 2 N–H and O–H groups in total. The predicted octanol–water partition coefficient (Wildman–Crippen LogP) is 6.15. The van der Waals surface area contributed by atoms with Crippen molar-refractivity contribution >= 4 is 52.2 Å². The number of ether oxygens (including phenoxy) is 1. The molecule has 0 fully saturated rings. The Balaban J connectivity index is 1.73. The van der Waals surface area contributed by atoms with Crippen molar-refractivity contribution < 1.29 is 41.8 Å². The number of hydrogen-bond acceptors (Lipinski definition) is 6. The van der Waals surface area contributed by atoms with Crippen molar-refractivity contribution in [3.8, 4) is 0 Å². The third kappa shape index (κ3) is 5.55. The number of carboxylic acid groups (broad SMARTS) is 1. The lowest BCUT2D eigenvalue weighted by molar-refractivity contribution is -0.211. The summed E-state index contributed by atoms with van der Waals surface area (Å²) in [6.45, 7) is 5.70. The zero-order valence-corrected chi connectivity index (χ0v) is 24.6. The first-order valence-electron chi connectivity index (χ1n) is 13.7. The second-order valence-corrected chi connectivity index (χ2v) is 10.5. The van der Waals surface area contributed by atoms with Crippen LogP contribution in [0.15, 0.2) is 60.7 Å². The van der Waals surface area contributed by atoms with Crippen molar-refractivity contribution in [1.82, 2.24) is 14.9 Å². The molecule has 3 aromatic carbocycles. The number of fused-ring (bicyclic) bond motifs is 2. The van der Waals surface area contributed by atoms with Crippen LogP contribution in [0, 0.1) is 5.82 Å². The Morgan fingerprint density at radius 3 is 2.44 bits per heavy atom. The van der Waals surface area contributed by atoms with E-state index in [1.807, 2.05) is 18.7 Å². The average molecular weight is 648 g/mol. The quantitative estimate of drug-likeness (QED) is 0.165.